The van der Waals surface area contributed by atoms with E-state index in [0.717, 1.165) is 9.87 Å². The summed E-state index contributed by atoms with van der Waals surface area (Å²) in [5.74, 6) is 1.40. The summed E-state index contributed by atoms with van der Waals surface area (Å²) < 4.78 is 39.9. The van der Waals surface area contributed by atoms with Gasteiger partial charge in [0.1, 0.15) is 23.8 Å². The first kappa shape index (κ1) is 26.8. The number of aryl methyl sites for hydroxylation is 1. The minimum atomic E-state index is -4.04. The highest BCUT2D eigenvalue weighted by Gasteiger charge is 2.27. The van der Waals surface area contributed by atoms with Crippen LogP contribution in [0.3, 0.4) is 0 Å². The molecule has 0 aliphatic carbocycles. The van der Waals surface area contributed by atoms with E-state index >= 15 is 0 Å². The Hall–Kier alpha value is -4.30. The molecule has 196 valence electrons. The molecule has 1 N–H and O–H groups in total. The number of hydrogen-bond acceptors (Lipinski definition) is 5. The third-order valence-corrected chi connectivity index (χ3v) is 7.30. The first-order chi connectivity index (χ1) is 18.2. The third-order valence-electron chi connectivity index (χ3n) is 5.51. The predicted octanol–water partition coefficient (Wildman–Crippen LogP) is 6.41. The number of ether oxygens (including phenoxy) is 2. The van der Waals surface area contributed by atoms with Gasteiger partial charge in [0.2, 0.25) is 5.91 Å². The lowest BCUT2D eigenvalue weighted by molar-refractivity contribution is -0.114. The van der Waals surface area contributed by atoms with Crippen molar-refractivity contribution in [3.8, 4) is 17.2 Å². The number of carbonyl (C=O) groups excluding carboxylic acids is 1. The molecule has 0 saturated heterocycles. The van der Waals surface area contributed by atoms with Crippen molar-refractivity contribution in [3.63, 3.8) is 0 Å². The van der Waals surface area contributed by atoms with Crippen molar-refractivity contribution in [2.24, 2.45) is 0 Å². The van der Waals surface area contributed by atoms with E-state index in [0.29, 0.717) is 28.6 Å². The lowest BCUT2D eigenvalue weighted by Gasteiger charge is -2.24. The highest BCUT2D eigenvalue weighted by Crippen LogP contribution is 2.28. The highest BCUT2D eigenvalue weighted by molar-refractivity contribution is 7.92. The number of nitrogens with zero attached hydrogens (tertiary/aromatic N) is 1. The average Bonchev–Trinajstić information content (AvgIpc) is 2.89. The van der Waals surface area contributed by atoms with Gasteiger partial charge in [-0.2, -0.15) is 0 Å². The molecule has 4 aromatic carbocycles. The predicted molar refractivity (Wildman–Crippen MR) is 150 cm³/mol. The highest BCUT2D eigenvalue weighted by atomic mass is 32.2. The quantitative estimate of drug-likeness (QED) is 0.256. The number of anilines is 2. The van der Waals surface area contributed by atoms with Crippen LogP contribution in [0, 0.1) is 6.92 Å². The zero-order chi connectivity index (χ0) is 27.1. The fourth-order valence-electron chi connectivity index (χ4n) is 3.68. The van der Waals surface area contributed by atoms with Gasteiger partial charge in [0, 0.05) is 5.69 Å². The second kappa shape index (κ2) is 11.8. The Morgan fingerprint density at radius 2 is 1.37 bits per heavy atom. The van der Waals surface area contributed by atoms with Crippen LogP contribution in [-0.4, -0.2) is 27.0 Å². The molecule has 8 heteroatoms. The Morgan fingerprint density at radius 3 is 1.97 bits per heavy atom. The summed E-state index contributed by atoms with van der Waals surface area (Å²) >= 11 is 0. The molecule has 0 bridgehead atoms. The topological polar surface area (TPSA) is 84.9 Å². The Bertz CT molecular complexity index is 1450. The molecule has 7 nitrogen and oxygen atoms in total. The number of benzene rings is 4. The normalized spacial score (nSPS) is 11.2. The number of sulfonamides is 1. The van der Waals surface area contributed by atoms with Crippen molar-refractivity contribution in [2.45, 2.75) is 31.8 Å². The SMILES string of the molecule is Cc1ccc(S(=O)(=O)N(CC(=O)Nc2ccc(OC(C)C)cc2)c2ccc(Oc3ccccc3)cc2)cc1. The van der Waals surface area contributed by atoms with Gasteiger partial charge in [-0.05, 0) is 93.6 Å². The van der Waals surface area contributed by atoms with Crippen molar-refractivity contribution in [1.29, 1.82) is 0 Å². The number of carbonyl (C=O) groups is 1. The molecule has 4 rings (SSSR count). The van der Waals surface area contributed by atoms with Crippen LogP contribution in [0.5, 0.6) is 17.2 Å². The number of nitrogens with one attached hydrogen (secondary N) is 1. The lowest BCUT2D eigenvalue weighted by atomic mass is 10.2. The van der Waals surface area contributed by atoms with Gasteiger partial charge in [0.15, 0.2) is 0 Å². The lowest BCUT2D eigenvalue weighted by Crippen LogP contribution is -2.38. The van der Waals surface area contributed by atoms with Crippen molar-refractivity contribution in [2.75, 3.05) is 16.2 Å². The monoisotopic (exact) mass is 530 g/mol. The van der Waals surface area contributed by atoms with Crippen LogP contribution in [0.1, 0.15) is 19.4 Å². The van der Waals surface area contributed by atoms with Gasteiger partial charge in [-0.1, -0.05) is 35.9 Å². The minimum Gasteiger partial charge on any atom is -0.491 e. The van der Waals surface area contributed by atoms with Gasteiger partial charge in [0.25, 0.3) is 10.0 Å². The van der Waals surface area contributed by atoms with Crippen molar-refractivity contribution >= 4 is 27.3 Å². The molecule has 0 saturated carbocycles. The largest absolute Gasteiger partial charge is 0.491 e. The molecule has 0 aliphatic rings. The maximum atomic E-state index is 13.7. The van der Waals surface area contributed by atoms with Crippen LogP contribution in [0.15, 0.2) is 108 Å². The van der Waals surface area contributed by atoms with E-state index in [-0.39, 0.29) is 11.0 Å². The van der Waals surface area contributed by atoms with E-state index in [4.69, 9.17) is 9.47 Å². The summed E-state index contributed by atoms with van der Waals surface area (Å²) in [6, 6.07) is 29.3. The van der Waals surface area contributed by atoms with E-state index < -0.39 is 22.5 Å². The van der Waals surface area contributed by atoms with Gasteiger partial charge in [-0.3, -0.25) is 9.10 Å². The van der Waals surface area contributed by atoms with Crippen LogP contribution in [0.25, 0.3) is 0 Å². The maximum Gasteiger partial charge on any atom is 0.264 e. The second-order valence-electron chi connectivity index (χ2n) is 8.97. The fraction of sp³-hybridized carbons (Fsp3) is 0.167. The summed E-state index contributed by atoms with van der Waals surface area (Å²) in [6.07, 6.45) is 0.0282. The fourth-order valence-corrected chi connectivity index (χ4v) is 5.10. The zero-order valence-corrected chi connectivity index (χ0v) is 22.3. The van der Waals surface area contributed by atoms with Gasteiger partial charge < -0.3 is 14.8 Å². The van der Waals surface area contributed by atoms with Crippen molar-refractivity contribution < 1.29 is 22.7 Å². The zero-order valence-electron chi connectivity index (χ0n) is 21.5. The van der Waals surface area contributed by atoms with Crippen LogP contribution in [-0.2, 0) is 14.8 Å². The first-order valence-corrected chi connectivity index (χ1v) is 13.6. The van der Waals surface area contributed by atoms with Crippen molar-refractivity contribution in [1.82, 2.24) is 0 Å². The van der Waals surface area contributed by atoms with E-state index in [1.165, 1.54) is 12.1 Å². The van der Waals surface area contributed by atoms with Crippen LogP contribution >= 0.6 is 0 Å². The maximum absolute atomic E-state index is 13.7. The Labute approximate surface area is 223 Å². The van der Waals surface area contributed by atoms with E-state index in [1.54, 1.807) is 60.7 Å². The smallest absolute Gasteiger partial charge is 0.264 e. The standard InChI is InChI=1S/C30H30N2O5S/c1-22(2)36-27-15-11-24(12-16-27)31-30(33)21-32(38(34,35)29-19-9-23(3)10-20-29)25-13-17-28(18-14-25)37-26-7-5-4-6-8-26/h4-20,22H,21H2,1-3H3,(H,31,33). The molecule has 38 heavy (non-hydrogen) atoms. The molecular formula is C30H30N2O5S. The van der Waals surface area contributed by atoms with Gasteiger partial charge in [-0.25, -0.2) is 8.42 Å². The summed E-state index contributed by atoms with van der Waals surface area (Å²) in [4.78, 5) is 13.1. The molecule has 0 fully saturated rings. The van der Waals surface area contributed by atoms with Gasteiger partial charge in [0.05, 0.1) is 16.7 Å². The summed E-state index contributed by atoms with van der Waals surface area (Å²) in [5, 5.41) is 2.77. The van der Waals surface area contributed by atoms with E-state index in [2.05, 4.69) is 5.32 Å². The number of hydrogen-bond donors (Lipinski definition) is 1. The molecular weight excluding hydrogens is 500 g/mol. The number of rotatable bonds is 10. The van der Waals surface area contributed by atoms with E-state index in [1.807, 2.05) is 51.1 Å². The molecule has 0 aromatic heterocycles. The molecule has 0 radical (unpaired) electrons. The Morgan fingerprint density at radius 1 is 0.789 bits per heavy atom. The van der Waals surface area contributed by atoms with Crippen LogP contribution in [0.2, 0.25) is 0 Å². The van der Waals surface area contributed by atoms with E-state index in [9.17, 15) is 13.2 Å². The molecule has 0 heterocycles. The molecule has 4 aromatic rings. The minimum absolute atomic E-state index is 0.0282. The third kappa shape index (κ3) is 6.92. The average molecular weight is 531 g/mol. The van der Waals surface area contributed by atoms with Crippen LogP contribution in [0.4, 0.5) is 11.4 Å². The van der Waals surface area contributed by atoms with Crippen LogP contribution < -0.4 is 19.1 Å². The number of para-hydroxylation sites is 1. The summed E-state index contributed by atoms with van der Waals surface area (Å²) in [6.45, 7) is 5.32. The van der Waals surface area contributed by atoms with Crippen molar-refractivity contribution in [3.05, 3.63) is 109 Å². The molecule has 0 spiro atoms. The molecule has 1 amide bonds. The Balaban J connectivity index is 1.57. The molecule has 0 unspecified atom stereocenters. The molecule has 0 atom stereocenters. The van der Waals surface area contributed by atoms with Gasteiger partial charge in [-0.15, -0.1) is 0 Å². The Kier molecular flexibility index (Phi) is 8.33. The summed E-state index contributed by atoms with van der Waals surface area (Å²) in [7, 11) is -4.04. The van der Waals surface area contributed by atoms with Gasteiger partial charge >= 0.3 is 0 Å². The first-order valence-electron chi connectivity index (χ1n) is 12.2. The molecule has 0 aliphatic heterocycles. The second-order valence-corrected chi connectivity index (χ2v) is 10.8. The summed E-state index contributed by atoms with van der Waals surface area (Å²) in [5.41, 5.74) is 1.80. The number of amides is 1.